The first kappa shape index (κ1) is 46.6. The predicted molar refractivity (Wildman–Crippen MR) is 304 cm³/mol. The van der Waals surface area contributed by atoms with Crippen molar-refractivity contribution in [1.29, 1.82) is 0 Å². The van der Waals surface area contributed by atoms with Gasteiger partial charge < -0.3 is 9.80 Å². The molecule has 2 aliphatic heterocycles. The molecule has 7 aromatic carbocycles. The van der Waals surface area contributed by atoms with Crippen molar-refractivity contribution in [3.63, 3.8) is 0 Å². The van der Waals surface area contributed by atoms with Crippen molar-refractivity contribution in [3.05, 3.63) is 172 Å². The van der Waals surface area contributed by atoms with Crippen LogP contribution in [0.25, 0.3) is 22.3 Å². The third-order valence-corrected chi connectivity index (χ3v) is 17.4. The summed E-state index contributed by atoms with van der Waals surface area (Å²) in [5, 5.41) is 0. The molecule has 7 aromatic rings. The Kier molecular flexibility index (Phi) is 10.2. The minimum atomic E-state index is -0.0340. The maximum atomic E-state index is 2.72. The number of anilines is 6. The molecule has 2 aliphatic carbocycles. The standard InChI is InChI=1S/C67H75BN2/c1-41-32-59-61-60(33-41)70(56-35-44(23-22-42(56)2)43-20-18-17-19-21-43)57-37-47(63(6,7)8)25-28-53(57)68(61)54-38-51-52(65(11,12)31-30-64(51,9)10)39-58(54)69(59)55-29-26-46(62(3,4)5)36-48(55)45-24-27-49-50(34-45)67(15,16)40-66(49,13)14/h17-29,32-39H,30-31,40H2,1-16H3. The molecule has 0 amide bonds. The molecular formula is C67H75BN2. The lowest BCUT2D eigenvalue weighted by Crippen LogP contribution is -2.62. The van der Waals surface area contributed by atoms with Gasteiger partial charge in [0.1, 0.15) is 0 Å². The summed E-state index contributed by atoms with van der Waals surface area (Å²) in [4.78, 5) is 5.37. The van der Waals surface area contributed by atoms with E-state index in [2.05, 4.69) is 248 Å². The SMILES string of the molecule is Cc1cc2c3c(c1)N(c1ccc(C(C)(C)C)cc1-c1ccc4c(c1)C(C)(C)CC4(C)C)c1cc4c(cc1B3c1ccc(C(C)(C)C)cc1N2c1cc(-c2ccccc2)ccc1C)C(C)(C)CCC4(C)C. The molecule has 4 aliphatic rings. The summed E-state index contributed by atoms with van der Waals surface area (Å²) in [6, 6.07) is 50.7. The van der Waals surface area contributed by atoms with Gasteiger partial charge in [-0.1, -0.05) is 182 Å². The molecule has 11 rings (SSSR count). The highest BCUT2D eigenvalue weighted by atomic mass is 15.2. The van der Waals surface area contributed by atoms with E-state index < -0.39 is 0 Å². The van der Waals surface area contributed by atoms with Crippen LogP contribution in [0.4, 0.5) is 34.1 Å². The van der Waals surface area contributed by atoms with Gasteiger partial charge in [-0.15, -0.1) is 0 Å². The Hall–Kier alpha value is -5.80. The molecule has 0 saturated heterocycles. The zero-order valence-electron chi connectivity index (χ0n) is 45.2. The fourth-order valence-corrected chi connectivity index (χ4v) is 13.4. The van der Waals surface area contributed by atoms with Crippen molar-refractivity contribution in [3.8, 4) is 22.3 Å². The number of hydrogen-bond donors (Lipinski definition) is 0. The molecule has 2 nitrogen and oxygen atoms in total. The van der Waals surface area contributed by atoms with Crippen molar-refractivity contribution >= 4 is 57.2 Å². The minimum absolute atomic E-state index is 0.0289. The Bertz CT molecular complexity index is 3290. The predicted octanol–water partition coefficient (Wildman–Crippen LogP) is 16.6. The molecule has 70 heavy (non-hydrogen) atoms. The van der Waals surface area contributed by atoms with Crippen LogP contribution in [0.15, 0.2) is 127 Å². The smallest absolute Gasteiger partial charge is 0.252 e. The Morgan fingerprint density at radius 3 is 1.63 bits per heavy atom. The van der Waals surface area contributed by atoms with Gasteiger partial charge in [0, 0.05) is 34.0 Å². The number of hydrogen-bond acceptors (Lipinski definition) is 2. The molecule has 0 N–H and O–H groups in total. The van der Waals surface area contributed by atoms with Crippen molar-refractivity contribution in [1.82, 2.24) is 0 Å². The summed E-state index contributed by atoms with van der Waals surface area (Å²) < 4.78 is 0. The van der Waals surface area contributed by atoms with Gasteiger partial charge >= 0.3 is 0 Å². The van der Waals surface area contributed by atoms with E-state index in [9.17, 15) is 0 Å². The van der Waals surface area contributed by atoms with E-state index >= 15 is 0 Å². The van der Waals surface area contributed by atoms with E-state index in [0.717, 1.165) is 12.8 Å². The lowest BCUT2D eigenvalue weighted by Gasteiger charge is -2.48. The summed E-state index contributed by atoms with van der Waals surface area (Å²) in [6.45, 7) is 38.5. The van der Waals surface area contributed by atoms with Crippen LogP contribution < -0.4 is 26.2 Å². The molecule has 0 aromatic heterocycles. The highest BCUT2D eigenvalue weighted by Crippen LogP contribution is 2.54. The maximum Gasteiger partial charge on any atom is 0.252 e. The lowest BCUT2D eigenvalue weighted by atomic mass is 9.33. The Morgan fingerprint density at radius 1 is 0.414 bits per heavy atom. The van der Waals surface area contributed by atoms with Crippen LogP contribution in [-0.2, 0) is 32.5 Å². The molecule has 0 fully saturated rings. The second kappa shape index (κ2) is 15.4. The van der Waals surface area contributed by atoms with Gasteiger partial charge in [-0.05, 0) is 186 Å². The summed E-state index contributed by atoms with van der Waals surface area (Å²) in [7, 11) is 0. The van der Waals surface area contributed by atoms with E-state index in [1.807, 2.05) is 0 Å². The molecule has 0 bridgehead atoms. The summed E-state index contributed by atoms with van der Waals surface area (Å²) in [5.41, 5.74) is 28.2. The number of rotatable bonds is 4. The largest absolute Gasteiger partial charge is 0.311 e. The molecular weight excluding hydrogens is 844 g/mol. The molecule has 0 spiro atoms. The average Bonchev–Trinajstić information content (AvgIpc) is 3.48. The summed E-state index contributed by atoms with van der Waals surface area (Å²) >= 11 is 0. The first-order chi connectivity index (χ1) is 32.7. The van der Waals surface area contributed by atoms with Crippen LogP contribution in [0.5, 0.6) is 0 Å². The fourth-order valence-electron chi connectivity index (χ4n) is 13.4. The second-order valence-electron chi connectivity index (χ2n) is 26.6. The van der Waals surface area contributed by atoms with Crippen LogP contribution in [0.1, 0.15) is 161 Å². The quantitative estimate of drug-likeness (QED) is 0.162. The first-order valence-electron chi connectivity index (χ1n) is 26.3. The van der Waals surface area contributed by atoms with Crippen molar-refractivity contribution in [2.45, 2.75) is 163 Å². The summed E-state index contributed by atoms with van der Waals surface area (Å²) in [5.74, 6) is 0. The number of fused-ring (bicyclic) bond motifs is 6. The van der Waals surface area contributed by atoms with Gasteiger partial charge in [0.2, 0.25) is 0 Å². The van der Waals surface area contributed by atoms with E-state index in [-0.39, 0.29) is 39.2 Å². The maximum absolute atomic E-state index is 2.72. The van der Waals surface area contributed by atoms with Crippen LogP contribution in [0.2, 0.25) is 0 Å². The summed E-state index contributed by atoms with van der Waals surface area (Å²) in [6.07, 6.45) is 3.47. The van der Waals surface area contributed by atoms with Gasteiger partial charge in [0.05, 0.1) is 5.69 Å². The first-order valence-corrected chi connectivity index (χ1v) is 26.3. The van der Waals surface area contributed by atoms with Gasteiger partial charge in [-0.25, -0.2) is 0 Å². The van der Waals surface area contributed by atoms with Crippen molar-refractivity contribution in [2.75, 3.05) is 9.80 Å². The minimum Gasteiger partial charge on any atom is -0.311 e. The molecule has 0 radical (unpaired) electrons. The van der Waals surface area contributed by atoms with Gasteiger partial charge in [0.15, 0.2) is 0 Å². The van der Waals surface area contributed by atoms with E-state index in [4.69, 9.17) is 0 Å². The van der Waals surface area contributed by atoms with Crippen molar-refractivity contribution < 1.29 is 0 Å². The Morgan fingerprint density at radius 2 is 0.971 bits per heavy atom. The highest BCUT2D eigenvalue weighted by Gasteiger charge is 2.48. The van der Waals surface area contributed by atoms with Gasteiger partial charge in [-0.3, -0.25) is 0 Å². The highest BCUT2D eigenvalue weighted by molar-refractivity contribution is 7.00. The van der Waals surface area contributed by atoms with Crippen molar-refractivity contribution in [2.24, 2.45) is 0 Å². The van der Waals surface area contributed by atoms with E-state index in [1.54, 1.807) is 0 Å². The normalized spacial score (nSPS) is 17.9. The topological polar surface area (TPSA) is 6.48 Å². The second-order valence-corrected chi connectivity index (χ2v) is 26.6. The zero-order valence-corrected chi connectivity index (χ0v) is 45.2. The monoisotopic (exact) mass is 919 g/mol. The molecule has 0 unspecified atom stereocenters. The third kappa shape index (κ3) is 7.26. The average molecular weight is 919 g/mol. The van der Waals surface area contributed by atoms with Crippen LogP contribution in [-0.4, -0.2) is 6.71 Å². The zero-order chi connectivity index (χ0) is 49.8. The van der Waals surface area contributed by atoms with Crippen LogP contribution >= 0.6 is 0 Å². The number of benzene rings is 7. The molecule has 3 heteroatoms. The number of aryl methyl sites for hydroxylation is 2. The number of nitrogens with zero attached hydrogens (tertiary/aromatic N) is 2. The van der Waals surface area contributed by atoms with E-state index in [0.29, 0.717) is 0 Å². The van der Waals surface area contributed by atoms with Crippen LogP contribution in [0, 0.1) is 13.8 Å². The molecule has 2 heterocycles. The third-order valence-electron chi connectivity index (χ3n) is 17.4. The van der Waals surface area contributed by atoms with Gasteiger partial charge in [0.25, 0.3) is 6.71 Å². The Balaban J connectivity index is 1.26. The Labute approximate surface area is 421 Å². The van der Waals surface area contributed by atoms with Crippen LogP contribution in [0.3, 0.4) is 0 Å². The molecule has 356 valence electrons. The fraction of sp³-hybridized carbons (Fsp3) is 0.373. The van der Waals surface area contributed by atoms with Gasteiger partial charge in [-0.2, -0.15) is 0 Å². The molecule has 0 atom stereocenters. The van der Waals surface area contributed by atoms with E-state index in [1.165, 1.54) is 124 Å². The molecule has 0 saturated carbocycles. The lowest BCUT2D eigenvalue weighted by molar-refractivity contribution is 0.332.